The monoisotopic (exact) mass is 233 g/mol. The van der Waals surface area contributed by atoms with Gasteiger partial charge in [-0.15, -0.1) is 0 Å². The summed E-state index contributed by atoms with van der Waals surface area (Å²) in [6.45, 7) is 1.36. The highest BCUT2D eigenvalue weighted by Crippen LogP contribution is 2.05. The average molecular weight is 233 g/mol. The number of hydrogen-bond donors (Lipinski definition) is 3. The van der Waals surface area contributed by atoms with Crippen molar-refractivity contribution >= 4 is 10.9 Å². The minimum Gasteiger partial charge on any atom is -0.396 e. The zero-order valence-corrected chi connectivity index (χ0v) is 9.44. The van der Waals surface area contributed by atoms with E-state index in [0.717, 1.165) is 0 Å². The maximum Gasteiger partial charge on any atom is 0.258 e. The lowest BCUT2D eigenvalue weighted by atomic mass is 10.2. The molecular weight excluding hydrogens is 218 g/mol. The predicted molar refractivity (Wildman–Crippen MR) is 65.8 cm³/mol. The van der Waals surface area contributed by atoms with Gasteiger partial charge in [-0.1, -0.05) is 12.1 Å². The van der Waals surface area contributed by atoms with E-state index in [-0.39, 0.29) is 12.2 Å². The number of aliphatic hydroxyl groups is 1. The number of aromatic amines is 1. The molecule has 0 aliphatic heterocycles. The van der Waals surface area contributed by atoms with Gasteiger partial charge in [-0.2, -0.15) is 0 Å². The molecule has 5 nitrogen and oxygen atoms in total. The normalized spacial score (nSPS) is 10.9. The lowest BCUT2D eigenvalue weighted by Crippen LogP contribution is -2.20. The number of para-hydroxylation sites is 1. The minimum atomic E-state index is -0.116. The molecule has 0 radical (unpaired) electrons. The van der Waals surface area contributed by atoms with Crippen molar-refractivity contribution in [2.75, 3.05) is 13.2 Å². The fraction of sp³-hybridized carbons (Fsp3) is 0.333. The molecule has 3 N–H and O–H groups in total. The fourth-order valence-electron chi connectivity index (χ4n) is 1.63. The molecule has 5 heteroatoms. The zero-order chi connectivity index (χ0) is 12.1. The SMILES string of the molecule is O=c1[nH]c(CNCCCO)nc2ccccc12. The van der Waals surface area contributed by atoms with Crippen molar-refractivity contribution in [1.82, 2.24) is 15.3 Å². The third-order valence-electron chi connectivity index (χ3n) is 2.47. The van der Waals surface area contributed by atoms with Crippen LogP contribution >= 0.6 is 0 Å². The number of hydrogen-bond acceptors (Lipinski definition) is 4. The van der Waals surface area contributed by atoms with Gasteiger partial charge in [0.15, 0.2) is 0 Å². The largest absolute Gasteiger partial charge is 0.396 e. The molecular formula is C12H15N3O2. The molecule has 0 bridgehead atoms. The van der Waals surface area contributed by atoms with Gasteiger partial charge >= 0.3 is 0 Å². The van der Waals surface area contributed by atoms with E-state index in [4.69, 9.17) is 5.11 Å². The predicted octanol–water partition coefficient (Wildman–Crippen LogP) is 0.395. The highest BCUT2D eigenvalue weighted by atomic mass is 16.3. The molecule has 1 aromatic heterocycles. The Hall–Kier alpha value is -1.72. The molecule has 0 atom stereocenters. The summed E-state index contributed by atoms with van der Waals surface area (Å²) in [6.07, 6.45) is 0.692. The number of aliphatic hydroxyl groups excluding tert-OH is 1. The van der Waals surface area contributed by atoms with E-state index in [1.807, 2.05) is 18.2 Å². The summed E-state index contributed by atoms with van der Waals surface area (Å²) in [5.41, 5.74) is 0.588. The first-order chi connectivity index (χ1) is 8.31. The van der Waals surface area contributed by atoms with E-state index in [2.05, 4.69) is 15.3 Å². The van der Waals surface area contributed by atoms with Gasteiger partial charge in [0, 0.05) is 6.61 Å². The quantitative estimate of drug-likeness (QED) is 0.653. The van der Waals surface area contributed by atoms with Crippen LogP contribution in [0.4, 0.5) is 0 Å². The summed E-state index contributed by atoms with van der Waals surface area (Å²) < 4.78 is 0. The molecule has 1 aromatic carbocycles. The first kappa shape index (κ1) is 11.8. The molecule has 0 saturated heterocycles. The highest BCUT2D eigenvalue weighted by Gasteiger charge is 2.02. The second-order valence-corrected chi connectivity index (χ2v) is 3.78. The van der Waals surface area contributed by atoms with Gasteiger partial charge in [0.1, 0.15) is 5.82 Å². The smallest absolute Gasteiger partial charge is 0.258 e. The van der Waals surface area contributed by atoms with Gasteiger partial charge in [-0.05, 0) is 25.1 Å². The minimum absolute atomic E-state index is 0.116. The van der Waals surface area contributed by atoms with Crippen LogP contribution in [-0.2, 0) is 6.54 Å². The van der Waals surface area contributed by atoms with E-state index >= 15 is 0 Å². The molecule has 0 spiro atoms. The summed E-state index contributed by atoms with van der Waals surface area (Å²) in [7, 11) is 0. The van der Waals surface area contributed by atoms with Gasteiger partial charge < -0.3 is 15.4 Å². The molecule has 17 heavy (non-hydrogen) atoms. The van der Waals surface area contributed by atoms with Crippen LogP contribution in [0.5, 0.6) is 0 Å². The van der Waals surface area contributed by atoms with Crippen molar-refractivity contribution in [3.05, 3.63) is 40.4 Å². The van der Waals surface area contributed by atoms with E-state index in [1.165, 1.54) is 0 Å². The number of nitrogens with one attached hydrogen (secondary N) is 2. The summed E-state index contributed by atoms with van der Waals surface area (Å²) in [6, 6.07) is 7.25. The van der Waals surface area contributed by atoms with Crippen molar-refractivity contribution < 1.29 is 5.11 Å². The van der Waals surface area contributed by atoms with Crippen molar-refractivity contribution in [2.24, 2.45) is 0 Å². The second kappa shape index (κ2) is 5.56. The van der Waals surface area contributed by atoms with Crippen LogP contribution < -0.4 is 10.9 Å². The number of nitrogens with zero attached hydrogens (tertiary/aromatic N) is 1. The number of H-pyrrole nitrogens is 1. The number of fused-ring (bicyclic) bond motifs is 1. The first-order valence-corrected chi connectivity index (χ1v) is 5.61. The Morgan fingerprint density at radius 3 is 3.00 bits per heavy atom. The Bertz CT molecular complexity index is 551. The molecule has 90 valence electrons. The van der Waals surface area contributed by atoms with E-state index in [0.29, 0.717) is 36.2 Å². The maximum atomic E-state index is 11.7. The fourth-order valence-corrected chi connectivity index (χ4v) is 1.63. The van der Waals surface area contributed by atoms with Crippen LogP contribution in [0.2, 0.25) is 0 Å². The zero-order valence-electron chi connectivity index (χ0n) is 9.44. The highest BCUT2D eigenvalue weighted by molar-refractivity contribution is 5.77. The van der Waals surface area contributed by atoms with Gasteiger partial charge in [-0.3, -0.25) is 4.79 Å². The van der Waals surface area contributed by atoms with Crippen LogP contribution in [-0.4, -0.2) is 28.2 Å². The Morgan fingerprint density at radius 2 is 2.18 bits per heavy atom. The van der Waals surface area contributed by atoms with Crippen molar-refractivity contribution in [2.45, 2.75) is 13.0 Å². The Labute approximate surface area is 98.5 Å². The van der Waals surface area contributed by atoms with Crippen LogP contribution in [0.3, 0.4) is 0 Å². The summed E-state index contributed by atoms with van der Waals surface area (Å²) in [5.74, 6) is 0.617. The molecule has 2 rings (SSSR count). The summed E-state index contributed by atoms with van der Waals surface area (Å²) >= 11 is 0. The van der Waals surface area contributed by atoms with Gasteiger partial charge in [-0.25, -0.2) is 4.98 Å². The number of aromatic nitrogens is 2. The maximum absolute atomic E-state index is 11.7. The van der Waals surface area contributed by atoms with E-state index in [9.17, 15) is 4.79 Å². The van der Waals surface area contributed by atoms with Gasteiger partial charge in [0.05, 0.1) is 17.4 Å². The van der Waals surface area contributed by atoms with Crippen molar-refractivity contribution in [3.63, 3.8) is 0 Å². The van der Waals surface area contributed by atoms with Crippen LogP contribution in [0, 0.1) is 0 Å². The third kappa shape index (κ3) is 2.89. The molecule has 2 aromatic rings. The molecule has 0 amide bonds. The lowest BCUT2D eigenvalue weighted by molar-refractivity contribution is 0.286. The number of benzene rings is 1. The molecule has 1 heterocycles. The average Bonchev–Trinajstić information content (AvgIpc) is 2.35. The Kier molecular flexibility index (Phi) is 3.85. The summed E-state index contributed by atoms with van der Waals surface area (Å²) in [5, 5.41) is 12.3. The van der Waals surface area contributed by atoms with Crippen LogP contribution in [0.1, 0.15) is 12.2 Å². The Morgan fingerprint density at radius 1 is 1.35 bits per heavy atom. The van der Waals surface area contributed by atoms with E-state index < -0.39 is 0 Å². The van der Waals surface area contributed by atoms with Crippen LogP contribution in [0.25, 0.3) is 10.9 Å². The number of rotatable bonds is 5. The molecule has 0 fully saturated rings. The van der Waals surface area contributed by atoms with Gasteiger partial charge in [0.25, 0.3) is 5.56 Å². The van der Waals surface area contributed by atoms with Crippen LogP contribution in [0.15, 0.2) is 29.1 Å². The van der Waals surface area contributed by atoms with Gasteiger partial charge in [0.2, 0.25) is 0 Å². The molecule has 0 aliphatic carbocycles. The van der Waals surface area contributed by atoms with E-state index in [1.54, 1.807) is 6.07 Å². The molecule has 0 saturated carbocycles. The van der Waals surface area contributed by atoms with Crippen molar-refractivity contribution in [3.8, 4) is 0 Å². The third-order valence-corrected chi connectivity index (χ3v) is 2.47. The first-order valence-electron chi connectivity index (χ1n) is 5.61. The standard InChI is InChI=1S/C12H15N3O2/c16-7-3-6-13-8-11-14-10-5-2-1-4-9(10)12(17)15-11/h1-2,4-5,13,16H,3,6-8H2,(H,14,15,17). The molecule has 0 aliphatic rings. The van der Waals surface area contributed by atoms with Crippen molar-refractivity contribution in [1.29, 1.82) is 0 Å². The Balaban J connectivity index is 2.16. The lowest BCUT2D eigenvalue weighted by Gasteiger charge is -2.04. The summed E-state index contributed by atoms with van der Waals surface area (Å²) in [4.78, 5) is 18.8. The second-order valence-electron chi connectivity index (χ2n) is 3.78. The molecule has 0 unspecified atom stereocenters. The topological polar surface area (TPSA) is 78.0 Å².